The molecule has 2 rings (SSSR count). The summed E-state index contributed by atoms with van der Waals surface area (Å²) in [6.07, 6.45) is 26.0. The Kier molecular flexibility index (Phi) is 28.2. The summed E-state index contributed by atoms with van der Waals surface area (Å²) in [5, 5.41) is 0. The highest BCUT2D eigenvalue weighted by Gasteiger charge is 2.19. The van der Waals surface area contributed by atoms with Crippen LogP contribution in [0.2, 0.25) is 0 Å². The molecule has 0 aliphatic carbocycles. The molecule has 0 atom stereocenters. The van der Waals surface area contributed by atoms with Crippen LogP contribution in [0.15, 0.2) is 46.2 Å². The quantitative estimate of drug-likeness (QED) is 0.0490. The van der Waals surface area contributed by atoms with Gasteiger partial charge in [0.1, 0.15) is 34.5 Å². The fourth-order valence-corrected chi connectivity index (χ4v) is 8.02. The number of hydrogen-bond acceptors (Lipinski definition) is 9. The Morgan fingerprint density at radius 3 is 0.982 bits per heavy atom. The first-order valence-corrected chi connectivity index (χ1v) is 24.6. The van der Waals surface area contributed by atoms with Gasteiger partial charge in [0.15, 0.2) is 0 Å². The second-order valence-corrected chi connectivity index (χ2v) is 17.7. The van der Waals surface area contributed by atoms with Gasteiger partial charge in [0.2, 0.25) is 0 Å². The van der Waals surface area contributed by atoms with Crippen LogP contribution in [0, 0.1) is 0 Å². The van der Waals surface area contributed by atoms with E-state index in [2.05, 4.69) is 13.8 Å². The molecule has 0 aromatic heterocycles. The van der Waals surface area contributed by atoms with E-state index < -0.39 is 20.2 Å². The fourth-order valence-electron chi connectivity index (χ4n) is 6.65. The van der Waals surface area contributed by atoms with Crippen LogP contribution in [0.5, 0.6) is 11.5 Å². The van der Waals surface area contributed by atoms with Crippen LogP contribution in [0.3, 0.4) is 0 Å². The Bertz CT molecular complexity index is 1420. The van der Waals surface area contributed by atoms with Crippen molar-refractivity contribution in [1.82, 2.24) is 0 Å². The molecule has 0 saturated heterocycles. The average Bonchev–Trinajstić information content (AvgIpc) is 3.18. The minimum Gasteiger partial charge on any atom is -0.490 e. The number of hydrogen-bond donors (Lipinski definition) is 2. The minimum absolute atomic E-state index is 0.0936. The first-order valence-electron chi connectivity index (χ1n) is 21.8. The van der Waals surface area contributed by atoms with Crippen LogP contribution >= 0.6 is 0 Å². The highest BCUT2D eigenvalue weighted by atomic mass is 32.2. The molecule has 2 N–H and O–H groups in total. The predicted molar refractivity (Wildman–Crippen MR) is 227 cm³/mol. The molecule has 0 radical (unpaired) electrons. The first-order chi connectivity index (χ1) is 27.6. The van der Waals surface area contributed by atoms with Crippen molar-refractivity contribution < 1.29 is 49.6 Å². The van der Waals surface area contributed by atoms with Crippen LogP contribution < -0.4 is 9.47 Å². The monoisotopic (exact) mass is 842 g/mol. The van der Waals surface area contributed by atoms with Crippen molar-refractivity contribution in [3.8, 4) is 11.5 Å². The Morgan fingerprint density at radius 1 is 0.404 bits per heavy atom. The van der Waals surface area contributed by atoms with Gasteiger partial charge in [0, 0.05) is 0 Å². The first kappa shape index (κ1) is 50.9. The topological polar surface area (TPSA) is 155 Å². The van der Waals surface area contributed by atoms with E-state index in [1.54, 1.807) is 12.1 Å². The van der Waals surface area contributed by atoms with E-state index >= 15 is 0 Å². The molecule has 0 spiro atoms. The van der Waals surface area contributed by atoms with Crippen LogP contribution in [0.25, 0.3) is 0 Å². The van der Waals surface area contributed by atoms with Gasteiger partial charge in [-0.3, -0.25) is 9.11 Å². The maximum absolute atomic E-state index is 12.1. The van der Waals surface area contributed by atoms with E-state index in [0.717, 1.165) is 49.7 Å². The van der Waals surface area contributed by atoms with Crippen molar-refractivity contribution >= 4 is 20.2 Å². The Labute approximate surface area is 345 Å². The van der Waals surface area contributed by atoms with Crippen LogP contribution in [-0.2, 0) is 47.3 Å². The third-order valence-corrected chi connectivity index (χ3v) is 11.7. The molecule has 57 heavy (non-hydrogen) atoms. The summed E-state index contributed by atoms with van der Waals surface area (Å²) < 4.78 is 95.6. The van der Waals surface area contributed by atoms with E-state index in [1.165, 1.54) is 115 Å². The molecule has 0 heterocycles. The predicted octanol–water partition coefficient (Wildman–Crippen LogP) is 10.6. The molecular weight excluding hydrogens is 769 g/mol. The van der Waals surface area contributed by atoms with Crippen LogP contribution in [0.4, 0.5) is 0 Å². The lowest BCUT2D eigenvalue weighted by molar-refractivity contribution is 0.00473. The maximum Gasteiger partial charge on any atom is 0.298 e. The van der Waals surface area contributed by atoms with Gasteiger partial charge in [-0.05, 0) is 61.1 Å². The van der Waals surface area contributed by atoms with Crippen molar-refractivity contribution in [2.75, 3.05) is 52.9 Å². The number of benzene rings is 2. The summed E-state index contributed by atoms with van der Waals surface area (Å²) in [7, 11) is -8.89. The molecular formula is C44H74O11S2. The highest BCUT2D eigenvalue weighted by molar-refractivity contribution is 7.86. The summed E-state index contributed by atoms with van der Waals surface area (Å²) in [5.74, 6) is 0.187. The third-order valence-electron chi connectivity index (χ3n) is 9.92. The smallest absolute Gasteiger partial charge is 0.298 e. The minimum atomic E-state index is -4.45. The Hall–Kier alpha value is -2.26. The van der Waals surface area contributed by atoms with Gasteiger partial charge in [-0.2, -0.15) is 16.8 Å². The lowest BCUT2D eigenvalue weighted by Crippen LogP contribution is -2.15. The number of rotatable bonds is 38. The van der Waals surface area contributed by atoms with Crippen LogP contribution in [0.1, 0.15) is 153 Å². The van der Waals surface area contributed by atoms with Crippen molar-refractivity contribution in [2.24, 2.45) is 0 Å². The molecule has 0 aliphatic heterocycles. The molecule has 0 fully saturated rings. The molecule has 0 unspecified atom stereocenters. The standard InChI is InChI=1S/C44H74O11S2/c1-3-5-7-9-11-13-15-17-19-21-23-39-25-27-41(43(37-39)56(45,46)47)54-35-33-52-31-29-51-30-32-53-34-36-55-42-28-26-40(38-44(42)57(48,49)50)24-22-20-18-16-14-12-10-8-6-4-2/h25-28,37-38H,3-24,29-36H2,1-2H3,(H,45,46,47)(H,48,49,50). The zero-order chi connectivity index (χ0) is 41.5. The van der Waals surface area contributed by atoms with E-state index in [-0.39, 0.29) is 47.7 Å². The Balaban J connectivity index is 1.54. The van der Waals surface area contributed by atoms with Gasteiger partial charge < -0.3 is 23.7 Å². The maximum atomic E-state index is 12.1. The van der Waals surface area contributed by atoms with Gasteiger partial charge in [0.05, 0.1) is 39.6 Å². The van der Waals surface area contributed by atoms with Crippen molar-refractivity contribution in [2.45, 2.75) is 165 Å². The molecule has 2 aromatic rings. The summed E-state index contributed by atoms with van der Waals surface area (Å²) >= 11 is 0. The summed E-state index contributed by atoms with van der Waals surface area (Å²) in [5.41, 5.74) is 1.70. The normalized spacial score (nSPS) is 12.0. The van der Waals surface area contributed by atoms with Crippen LogP contribution in [-0.4, -0.2) is 78.8 Å². The van der Waals surface area contributed by atoms with Gasteiger partial charge >= 0.3 is 0 Å². The van der Waals surface area contributed by atoms with E-state index in [9.17, 15) is 25.9 Å². The fraction of sp³-hybridized carbons (Fsp3) is 0.727. The number of unbranched alkanes of at least 4 members (excludes halogenated alkanes) is 18. The van der Waals surface area contributed by atoms with Crippen molar-refractivity contribution in [3.63, 3.8) is 0 Å². The van der Waals surface area contributed by atoms with E-state index in [4.69, 9.17) is 23.7 Å². The van der Waals surface area contributed by atoms with Crippen molar-refractivity contribution in [3.05, 3.63) is 47.5 Å². The number of aryl methyl sites for hydroxylation is 2. The number of ether oxygens (including phenoxy) is 5. The SMILES string of the molecule is CCCCCCCCCCCCc1ccc(OCCOCCOCCOCCOc2ccc(CCCCCCCCCCCC)cc2S(=O)(=O)O)c(S(=O)(=O)O)c1. The summed E-state index contributed by atoms with van der Waals surface area (Å²) in [6.45, 7) is 6.28. The molecule has 11 nitrogen and oxygen atoms in total. The largest absolute Gasteiger partial charge is 0.490 e. The van der Waals surface area contributed by atoms with E-state index in [0.29, 0.717) is 26.4 Å². The molecule has 2 aromatic carbocycles. The molecule has 0 saturated carbocycles. The molecule has 0 bridgehead atoms. The van der Waals surface area contributed by atoms with Gasteiger partial charge in [-0.1, -0.05) is 142 Å². The second-order valence-electron chi connectivity index (χ2n) is 14.9. The lowest BCUT2D eigenvalue weighted by Gasteiger charge is -2.12. The lowest BCUT2D eigenvalue weighted by atomic mass is 10.0. The van der Waals surface area contributed by atoms with Gasteiger partial charge in [-0.25, -0.2) is 0 Å². The van der Waals surface area contributed by atoms with Gasteiger partial charge in [0.25, 0.3) is 20.2 Å². The summed E-state index contributed by atoms with van der Waals surface area (Å²) in [4.78, 5) is -0.459. The zero-order valence-corrected chi connectivity index (χ0v) is 36.7. The molecule has 0 aliphatic rings. The van der Waals surface area contributed by atoms with Crippen molar-refractivity contribution in [1.29, 1.82) is 0 Å². The molecule has 0 amide bonds. The molecule has 13 heteroatoms. The van der Waals surface area contributed by atoms with E-state index in [1.807, 2.05) is 12.1 Å². The second kappa shape index (κ2) is 31.6. The third kappa shape index (κ3) is 25.1. The van der Waals surface area contributed by atoms with Gasteiger partial charge in [-0.15, -0.1) is 0 Å². The zero-order valence-electron chi connectivity index (χ0n) is 35.1. The molecule has 328 valence electrons. The summed E-state index contributed by atoms with van der Waals surface area (Å²) in [6, 6.07) is 9.85. The average molecular weight is 843 g/mol. The Morgan fingerprint density at radius 2 is 0.684 bits per heavy atom. The highest BCUT2D eigenvalue weighted by Crippen LogP contribution is 2.27.